The Morgan fingerprint density at radius 1 is 0.871 bits per heavy atom. The molecule has 0 aromatic carbocycles. The van der Waals surface area contributed by atoms with Gasteiger partial charge in [0, 0.05) is 11.9 Å². The molecular formula is C21H33BF4N4Pt-2. The summed E-state index contributed by atoms with van der Waals surface area (Å²) in [6.45, 7) is 5.57. The molecular weight excluding hydrogens is 590 g/mol. The first-order chi connectivity index (χ1) is 14.3. The summed E-state index contributed by atoms with van der Waals surface area (Å²) in [4.78, 5) is 4.46. The average Bonchev–Trinajstić information content (AvgIpc) is 2.75. The zero-order chi connectivity index (χ0) is 21.8. The van der Waals surface area contributed by atoms with Crippen LogP contribution in [0.15, 0.2) is 24.4 Å². The van der Waals surface area contributed by atoms with Crippen molar-refractivity contribution in [3.63, 3.8) is 0 Å². The molecule has 3 saturated heterocycles. The van der Waals surface area contributed by atoms with Crippen molar-refractivity contribution in [2.24, 2.45) is 5.92 Å². The van der Waals surface area contributed by atoms with E-state index in [-0.39, 0.29) is 21.1 Å². The third-order valence-corrected chi connectivity index (χ3v) is 5.65. The number of hydrogen-bond acceptors (Lipinski definition) is 1. The minimum absolute atomic E-state index is 0. The number of aromatic nitrogens is 1. The van der Waals surface area contributed by atoms with Crippen molar-refractivity contribution in [1.29, 1.82) is 0 Å². The second kappa shape index (κ2) is 15.4. The van der Waals surface area contributed by atoms with Crippen LogP contribution in [0, 0.1) is 5.92 Å². The summed E-state index contributed by atoms with van der Waals surface area (Å²) in [5.74, 6) is 0.942. The largest absolute Gasteiger partial charge is 2.00 e. The number of hydrogen-bond donors (Lipinski definition) is 0. The smallest absolute Gasteiger partial charge is 0.662 e. The van der Waals surface area contributed by atoms with Crippen molar-refractivity contribution in [2.75, 3.05) is 19.6 Å². The molecule has 1 aromatic heterocycles. The molecule has 0 spiro atoms. The van der Waals surface area contributed by atoms with E-state index in [0.717, 1.165) is 37.7 Å². The maximum atomic E-state index is 9.75. The van der Waals surface area contributed by atoms with Gasteiger partial charge in [0.15, 0.2) is 0 Å². The molecule has 10 heteroatoms. The Morgan fingerprint density at radius 3 is 2.06 bits per heavy atom. The van der Waals surface area contributed by atoms with Gasteiger partial charge in [-0.3, -0.25) is 4.98 Å². The Kier molecular flexibility index (Phi) is 14.1. The summed E-state index contributed by atoms with van der Waals surface area (Å²) in [7, 11) is -6.00. The molecule has 0 aliphatic carbocycles. The van der Waals surface area contributed by atoms with Gasteiger partial charge in [0.25, 0.3) is 0 Å². The summed E-state index contributed by atoms with van der Waals surface area (Å²) in [6.07, 6.45) is 12.0. The maximum Gasteiger partial charge on any atom is 2.00 e. The first kappa shape index (κ1) is 28.5. The zero-order valence-corrected chi connectivity index (χ0v) is 20.4. The van der Waals surface area contributed by atoms with Crippen molar-refractivity contribution in [2.45, 2.75) is 76.4 Å². The van der Waals surface area contributed by atoms with Gasteiger partial charge in [0.1, 0.15) is 0 Å². The average molecular weight is 623 g/mol. The zero-order valence-electron chi connectivity index (χ0n) is 18.1. The van der Waals surface area contributed by atoms with Crippen LogP contribution in [0.25, 0.3) is 16.0 Å². The van der Waals surface area contributed by atoms with Gasteiger partial charge in [-0.25, -0.2) is 0 Å². The minimum Gasteiger partial charge on any atom is -0.662 e. The summed E-state index contributed by atoms with van der Waals surface area (Å²) >= 11 is 0. The first-order valence-electron chi connectivity index (χ1n) is 11.1. The molecule has 0 saturated carbocycles. The van der Waals surface area contributed by atoms with Crippen molar-refractivity contribution >= 4 is 7.25 Å². The van der Waals surface area contributed by atoms with E-state index in [1.54, 1.807) is 0 Å². The predicted octanol–water partition coefficient (Wildman–Crippen LogP) is 7.06. The van der Waals surface area contributed by atoms with Gasteiger partial charge in [-0.05, 0) is 18.1 Å². The van der Waals surface area contributed by atoms with Gasteiger partial charge in [-0.15, -0.1) is 19.6 Å². The molecule has 3 unspecified atom stereocenters. The second-order valence-electron chi connectivity index (χ2n) is 8.24. The van der Waals surface area contributed by atoms with Crippen LogP contribution in [0.3, 0.4) is 0 Å². The van der Waals surface area contributed by atoms with E-state index in [1.807, 2.05) is 12.3 Å². The van der Waals surface area contributed by atoms with Crippen LogP contribution < -0.4 is 0 Å². The van der Waals surface area contributed by atoms with Gasteiger partial charge < -0.3 is 33.2 Å². The molecule has 31 heavy (non-hydrogen) atoms. The Labute approximate surface area is 198 Å². The Morgan fingerprint density at radius 2 is 1.55 bits per heavy atom. The summed E-state index contributed by atoms with van der Waals surface area (Å²) in [5.41, 5.74) is 1.14. The third-order valence-electron chi connectivity index (χ3n) is 5.65. The molecule has 0 radical (unpaired) electrons. The molecule has 0 bridgehead atoms. The fourth-order valence-corrected chi connectivity index (χ4v) is 4.00. The number of pyridine rings is 1. The molecule has 3 aliphatic rings. The van der Waals surface area contributed by atoms with Crippen LogP contribution in [-0.2, 0) is 21.1 Å². The van der Waals surface area contributed by atoms with Crippen molar-refractivity contribution in [1.82, 2.24) is 4.98 Å². The molecule has 3 aliphatic heterocycles. The van der Waals surface area contributed by atoms with Crippen LogP contribution in [0.5, 0.6) is 0 Å². The van der Waals surface area contributed by atoms with Gasteiger partial charge in [0.05, 0.1) is 0 Å². The van der Waals surface area contributed by atoms with E-state index in [4.69, 9.17) is 10.6 Å². The third kappa shape index (κ3) is 13.0. The number of nitrogens with zero attached hydrogens (tertiary/aromatic N) is 4. The van der Waals surface area contributed by atoms with Crippen molar-refractivity contribution in [3.8, 4) is 0 Å². The SMILES string of the molecule is CC1CC[N-]CC1.F[B-](F)(F)F.[Pt+2].c1ccc(C2CCCC(C3CCCC[N-]3)[N-]2)nc1. The van der Waals surface area contributed by atoms with E-state index in [0.29, 0.717) is 18.1 Å². The standard InChI is InChI=1S/C15H21N3.C6H12N.BF4.Pt/c1-3-10-16-12(6-1)14-8-5-9-15(18-14)13-7-2-4-11-17-13;1-6-2-4-7-5-3-6;2-1(3,4)5;/h1,3,6,10,13-15H,2,4-5,7-9,11H2;6H,2-5H2,1H3;;/q-2;2*-1;+2. The van der Waals surface area contributed by atoms with Crippen LogP contribution in [-0.4, -0.2) is 44.0 Å². The monoisotopic (exact) mass is 623 g/mol. The van der Waals surface area contributed by atoms with E-state index in [9.17, 15) is 17.3 Å². The van der Waals surface area contributed by atoms with Crippen LogP contribution in [0.1, 0.15) is 70.0 Å². The Bertz CT molecular complexity index is 564. The fourth-order valence-electron chi connectivity index (χ4n) is 4.00. The van der Waals surface area contributed by atoms with Crippen LogP contribution >= 0.6 is 0 Å². The molecule has 3 fully saturated rings. The predicted molar refractivity (Wildman–Crippen MR) is 116 cm³/mol. The van der Waals surface area contributed by atoms with Crippen molar-refractivity contribution < 1.29 is 38.3 Å². The quantitative estimate of drug-likeness (QED) is 0.257. The molecule has 0 amide bonds. The number of piperidine rings is 3. The van der Waals surface area contributed by atoms with E-state index in [1.165, 1.54) is 44.9 Å². The summed E-state index contributed by atoms with van der Waals surface area (Å²) in [5, 5.41) is 14.0. The van der Waals surface area contributed by atoms with Gasteiger partial charge in [0.2, 0.25) is 0 Å². The van der Waals surface area contributed by atoms with Gasteiger partial charge in [-0.1, -0.05) is 70.4 Å². The number of rotatable bonds is 2. The Hall–Kier alpha value is -0.497. The fraction of sp³-hybridized carbons (Fsp3) is 0.762. The first-order valence-corrected chi connectivity index (χ1v) is 11.1. The molecule has 3 atom stereocenters. The van der Waals surface area contributed by atoms with Crippen LogP contribution in [0.4, 0.5) is 17.3 Å². The van der Waals surface area contributed by atoms with Gasteiger partial charge >= 0.3 is 28.3 Å². The van der Waals surface area contributed by atoms with Crippen LogP contribution in [0.2, 0.25) is 0 Å². The molecule has 0 N–H and O–H groups in total. The molecule has 4 heterocycles. The van der Waals surface area contributed by atoms with E-state index in [2.05, 4.69) is 29.4 Å². The minimum atomic E-state index is -6.00. The maximum absolute atomic E-state index is 9.75. The van der Waals surface area contributed by atoms with Gasteiger partial charge in [-0.2, -0.15) is 12.1 Å². The van der Waals surface area contributed by atoms with Crippen molar-refractivity contribution in [3.05, 3.63) is 46.0 Å². The molecule has 4 nitrogen and oxygen atoms in total. The molecule has 180 valence electrons. The van der Waals surface area contributed by atoms with E-state index < -0.39 is 7.25 Å². The summed E-state index contributed by atoms with van der Waals surface area (Å²) in [6, 6.07) is 7.39. The van der Waals surface area contributed by atoms with E-state index >= 15 is 0 Å². The second-order valence-corrected chi connectivity index (χ2v) is 8.24. The number of halogens is 4. The molecule has 1 aromatic rings. The Balaban J connectivity index is 0.000000308. The molecule has 4 rings (SSSR count). The topological polar surface area (TPSA) is 55.2 Å². The normalized spacial score (nSPS) is 26.9. The summed E-state index contributed by atoms with van der Waals surface area (Å²) < 4.78 is 39.0.